The third kappa shape index (κ3) is 4.00. The smallest absolute Gasteiger partial charge is 0.242 e. The van der Waals surface area contributed by atoms with Crippen LogP contribution in [0.2, 0.25) is 0 Å². The van der Waals surface area contributed by atoms with Gasteiger partial charge in [0, 0.05) is 31.1 Å². The second kappa shape index (κ2) is 8.04. The zero-order chi connectivity index (χ0) is 20.4. The number of aromatic nitrogens is 4. The van der Waals surface area contributed by atoms with Gasteiger partial charge >= 0.3 is 0 Å². The molecule has 3 aromatic rings. The Kier molecular flexibility index (Phi) is 5.30. The molecule has 0 radical (unpaired) electrons. The van der Waals surface area contributed by atoms with Crippen LogP contribution < -0.4 is 9.64 Å². The maximum atomic E-state index is 12.3. The van der Waals surface area contributed by atoms with Crippen LogP contribution in [-0.4, -0.2) is 75.0 Å². The van der Waals surface area contributed by atoms with E-state index in [4.69, 9.17) is 9.84 Å². The first-order valence-corrected chi connectivity index (χ1v) is 9.66. The number of ether oxygens (including phenoxy) is 1. The minimum atomic E-state index is -0.0296. The van der Waals surface area contributed by atoms with E-state index in [1.54, 1.807) is 4.90 Å². The molecule has 2 N–H and O–H groups in total. The Bertz CT molecular complexity index is 1020. The standard InChI is InChI=1S/C20H24N6O3/c1-13(2)29-14-3-4-16-15(9-14)20(24-23-16)17-10-18(22-12-21-17)26-6-5-25(7-8-27)19(28)11-26/h3-4,9-10,12-13,27H,5-8,11H2,1-2H3,(H,23,24). The van der Waals surface area contributed by atoms with Crippen LogP contribution in [0.3, 0.4) is 0 Å². The molecule has 0 unspecified atom stereocenters. The molecule has 0 atom stereocenters. The van der Waals surface area contributed by atoms with Gasteiger partial charge in [-0.25, -0.2) is 9.97 Å². The zero-order valence-corrected chi connectivity index (χ0v) is 16.5. The number of aliphatic hydroxyl groups is 1. The Hall–Kier alpha value is -3.20. The highest BCUT2D eigenvalue weighted by molar-refractivity contribution is 5.93. The lowest BCUT2D eigenvalue weighted by Gasteiger charge is -2.34. The van der Waals surface area contributed by atoms with Gasteiger partial charge in [0.05, 0.1) is 30.5 Å². The summed E-state index contributed by atoms with van der Waals surface area (Å²) in [4.78, 5) is 24.6. The number of β-amino-alcohol motifs (C(OH)–C–C–N with tert-alkyl or cyclic N) is 1. The third-order valence-electron chi connectivity index (χ3n) is 4.81. The van der Waals surface area contributed by atoms with Crippen molar-refractivity contribution in [1.82, 2.24) is 25.1 Å². The van der Waals surface area contributed by atoms with Crippen LogP contribution in [-0.2, 0) is 4.79 Å². The molecule has 1 aromatic carbocycles. The Morgan fingerprint density at radius 3 is 2.86 bits per heavy atom. The number of nitrogens with zero attached hydrogens (tertiary/aromatic N) is 5. The van der Waals surface area contributed by atoms with Crippen molar-refractivity contribution >= 4 is 22.6 Å². The molecule has 4 rings (SSSR count). The number of carbonyl (C=O) groups is 1. The van der Waals surface area contributed by atoms with E-state index in [2.05, 4.69) is 20.2 Å². The van der Waals surface area contributed by atoms with Crippen molar-refractivity contribution in [2.45, 2.75) is 20.0 Å². The van der Waals surface area contributed by atoms with Crippen molar-refractivity contribution in [3.05, 3.63) is 30.6 Å². The molecule has 0 bridgehead atoms. The summed E-state index contributed by atoms with van der Waals surface area (Å²) in [5.41, 5.74) is 2.28. The zero-order valence-electron chi connectivity index (χ0n) is 16.5. The van der Waals surface area contributed by atoms with Gasteiger partial charge in [0.25, 0.3) is 0 Å². The van der Waals surface area contributed by atoms with E-state index < -0.39 is 0 Å². The summed E-state index contributed by atoms with van der Waals surface area (Å²) in [6.45, 7) is 5.73. The number of rotatable bonds is 6. The average molecular weight is 396 g/mol. The number of nitrogens with one attached hydrogen (secondary N) is 1. The third-order valence-corrected chi connectivity index (χ3v) is 4.81. The molecule has 0 aliphatic carbocycles. The van der Waals surface area contributed by atoms with Crippen LogP contribution in [0.15, 0.2) is 30.6 Å². The number of anilines is 1. The highest BCUT2D eigenvalue weighted by atomic mass is 16.5. The van der Waals surface area contributed by atoms with E-state index in [9.17, 15) is 4.79 Å². The van der Waals surface area contributed by atoms with Crippen molar-refractivity contribution in [3.8, 4) is 17.1 Å². The molecule has 1 aliphatic rings. The number of carbonyl (C=O) groups excluding carboxylic acids is 1. The lowest BCUT2D eigenvalue weighted by Crippen LogP contribution is -2.51. The Morgan fingerprint density at radius 1 is 1.24 bits per heavy atom. The number of benzene rings is 1. The Morgan fingerprint density at radius 2 is 2.10 bits per heavy atom. The van der Waals surface area contributed by atoms with Crippen molar-refractivity contribution in [3.63, 3.8) is 0 Å². The van der Waals surface area contributed by atoms with Crippen LogP contribution >= 0.6 is 0 Å². The largest absolute Gasteiger partial charge is 0.491 e. The summed E-state index contributed by atoms with van der Waals surface area (Å²) in [6.07, 6.45) is 1.57. The highest BCUT2D eigenvalue weighted by Gasteiger charge is 2.25. The molecule has 1 amide bonds. The lowest BCUT2D eigenvalue weighted by molar-refractivity contribution is -0.131. The van der Waals surface area contributed by atoms with Gasteiger partial charge in [0.1, 0.15) is 23.6 Å². The first-order valence-electron chi connectivity index (χ1n) is 9.66. The summed E-state index contributed by atoms with van der Waals surface area (Å²) in [5, 5.41) is 17.4. The van der Waals surface area contributed by atoms with Crippen LogP contribution in [0.4, 0.5) is 5.82 Å². The van der Waals surface area contributed by atoms with Crippen molar-refractivity contribution in [2.24, 2.45) is 0 Å². The molecule has 9 nitrogen and oxygen atoms in total. The highest BCUT2D eigenvalue weighted by Crippen LogP contribution is 2.30. The molecule has 1 saturated heterocycles. The molecule has 1 fully saturated rings. The minimum Gasteiger partial charge on any atom is -0.491 e. The van der Waals surface area contributed by atoms with Crippen LogP contribution in [0.1, 0.15) is 13.8 Å². The number of H-pyrrole nitrogens is 1. The minimum absolute atomic E-state index is 0.0221. The van der Waals surface area contributed by atoms with Crippen LogP contribution in [0.25, 0.3) is 22.3 Å². The number of fused-ring (bicyclic) bond motifs is 1. The number of aliphatic hydroxyl groups excluding tert-OH is 1. The predicted octanol–water partition coefficient (Wildman–Crippen LogP) is 1.45. The molecule has 2 aromatic heterocycles. The molecule has 29 heavy (non-hydrogen) atoms. The summed E-state index contributed by atoms with van der Waals surface area (Å²) in [7, 11) is 0. The maximum absolute atomic E-state index is 12.3. The van der Waals surface area contributed by atoms with Gasteiger partial charge in [-0.2, -0.15) is 5.10 Å². The molecule has 0 saturated carbocycles. The summed E-state index contributed by atoms with van der Waals surface area (Å²) >= 11 is 0. The Balaban J connectivity index is 1.61. The maximum Gasteiger partial charge on any atom is 0.242 e. The molecule has 9 heteroatoms. The van der Waals surface area contributed by atoms with E-state index in [0.29, 0.717) is 36.8 Å². The second-order valence-electron chi connectivity index (χ2n) is 7.23. The number of amides is 1. The molecule has 3 heterocycles. The van der Waals surface area contributed by atoms with Crippen molar-refractivity contribution < 1.29 is 14.6 Å². The van der Waals surface area contributed by atoms with Crippen LogP contribution in [0, 0.1) is 0 Å². The number of piperazine rings is 1. The topological polar surface area (TPSA) is 107 Å². The normalized spacial score (nSPS) is 14.8. The fourth-order valence-corrected chi connectivity index (χ4v) is 3.44. The first kappa shape index (κ1) is 19.1. The monoisotopic (exact) mass is 396 g/mol. The van der Waals surface area contributed by atoms with Crippen molar-refractivity contribution in [1.29, 1.82) is 0 Å². The average Bonchev–Trinajstić information content (AvgIpc) is 3.12. The molecular weight excluding hydrogens is 372 g/mol. The number of aromatic amines is 1. The number of hydrogen-bond donors (Lipinski definition) is 2. The SMILES string of the molecule is CC(C)Oc1ccc2[nH]nc(-c3cc(N4CCN(CCO)C(=O)C4)ncn3)c2c1. The van der Waals surface area contributed by atoms with Gasteiger partial charge in [-0.15, -0.1) is 0 Å². The van der Waals surface area contributed by atoms with Gasteiger partial charge in [-0.3, -0.25) is 9.89 Å². The number of hydrogen-bond acceptors (Lipinski definition) is 7. The van der Waals surface area contributed by atoms with Crippen molar-refractivity contribution in [2.75, 3.05) is 37.7 Å². The van der Waals surface area contributed by atoms with Gasteiger partial charge in [0.2, 0.25) is 5.91 Å². The summed E-state index contributed by atoms with van der Waals surface area (Å²) < 4.78 is 5.80. The predicted molar refractivity (Wildman–Crippen MR) is 109 cm³/mol. The van der Waals surface area contributed by atoms with E-state index in [1.807, 2.05) is 43.0 Å². The van der Waals surface area contributed by atoms with Crippen LogP contribution in [0.5, 0.6) is 5.75 Å². The molecular formula is C20H24N6O3. The van der Waals surface area contributed by atoms with E-state index in [1.165, 1.54) is 6.33 Å². The van der Waals surface area contributed by atoms with Gasteiger partial charge in [0.15, 0.2) is 0 Å². The lowest BCUT2D eigenvalue weighted by atomic mass is 10.1. The van der Waals surface area contributed by atoms with E-state index >= 15 is 0 Å². The van der Waals surface area contributed by atoms with E-state index in [-0.39, 0.29) is 25.2 Å². The fourth-order valence-electron chi connectivity index (χ4n) is 3.44. The van der Waals surface area contributed by atoms with Gasteiger partial charge in [-0.1, -0.05) is 0 Å². The first-order chi connectivity index (χ1) is 14.0. The van der Waals surface area contributed by atoms with Gasteiger partial charge in [-0.05, 0) is 32.0 Å². The fraction of sp³-hybridized carbons (Fsp3) is 0.400. The molecule has 152 valence electrons. The van der Waals surface area contributed by atoms with E-state index in [0.717, 1.165) is 16.7 Å². The second-order valence-corrected chi connectivity index (χ2v) is 7.23. The summed E-state index contributed by atoms with van der Waals surface area (Å²) in [6, 6.07) is 7.64. The molecule has 0 spiro atoms. The van der Waals surface area contributed by atoms with Gasteiger partial charge < -0.3 is 19.6 Å². The Labute approximate surface area is 168 Å². The quantitative estimate of drug-likeness (QED) is 0.649. The molecule has 1 aliphatic heterocycles. The summed E-state index contributed by atoms with van der Waals surface area (Å²) in [5.74, 6) is 1.43.